The smallest absolute Gasteiger partial charge is 0.412 e. The van der Waals surface area contributed by atoms with Gasteiger partial charge in [-0.3, -0.25) is 9.69 Å². The van der Waals surface area contributed by atoms with Crippen LogP contribution in [0.25, 0.3) is 0 Å². The molecule has 1 rings (SSSR count). The average molecular weight is 250 g/mol. The number of nitrogens with one attached hydrogen (secondary N) is 1. The predicted octanol–water partition coefficient (Wildman–Crippen LogP) is 1.33. The number of likely N-dealkylation sites (tertiary alicyclic amines) is 1. The number of rotatable bonds is 2. The van der Waals surface area contributed by atoms with Crippen molar-refractivity contribution in [3.63, 3.8) is 0 Å². The van der Waals surface area contributed by atoms with Gasteiger partial charge >= 0.3 is 6.09 Å². The van der Waals surface area contributed by atoms with Crippen molar-refractivity contribution in [3.8, 4) is 0 Å². The first-order valence-electron chi connectivity index (χ1n) is 5.22. The van der Waals surface area contributed by atoms with E-state index in [0.29, 0.717) is 6.41 Å². The molecule has 0 saturated carbocycles. The Morgan fingerprint density at radius 2 is 2.12 bits per heavy atom. The van der Waals surface area contributed by atoms with Crippen molar-refractivity contribution >= 4 is 12.5 Å². The van der Waals surface area contributed by atoms with Gasteiger partial charge in [-0.25, -0.2) is 13.6 Å². The molecule has 1 aliphatic heterocycles. The second-order valence-electron chi connectivity index (χ2n) is 4.97. The molecular weight excluding hydrogens is 234 g/mol. The number of ether oxygens (including phenoxy) is 1. The Hall–Kier alpha value is -1.40. The molecule has 0 unspecified atom stereocenters. The van der Waals surface area contributed by atoms with Gasteiger partial charge in [0.1, 0.15) is 11.8 Å². The third-order valence-electron chi connectivity index (χ3n) is 2.16. The number of hydrogen-bond acceptors (Lipinski definition) is 3. The predicted molar refractivity (Wildman–Crippen MR) is 55.5 cm³/mol. The van der Waals surface area contributed by atoms with Gasteiger partial charge in [0, 0.05) is 0 Å². The zero-order valence-electron chi connectivity index (χ0n) is 10.00. The first kappa shape index (κ1) is 13.7. The lowest BCUT2D eigenvalue weighted by Gasteiger charge is -2.27. The molecule has 7 heteroatoms. The minimum absolute atomic E-state index is 0.295. The van der Waals surface area contributed by atoms with Gasteiger partial charge in [-0.2, -0.15) is 0 Å². The average Bonchev–Trinajstić information content (AvgIpc) is 2.39. The molecule has 17 heavy (non-hydrogen) atoms. The van der Waals surface area contributed by atoms with Crippen molar-refractivity contribution in [1.29, 1.82) is 0 Å². The molecule has 0 bridgehead atoms. The van der Waals surface area contributed by atoms with Gasteiger partial charge < -0.3 is 10.1 Å². The van der Waals surface area contributed by atoms with Gasteiger partial charge in [0.15, 0.2) is 0 Å². The second-order valence-corrected chi connectivity index (χ2v) is 4.97. The van der Waals surface area contributed by atoms with Crippen LogP contribution in [-0.4, -0.2) is 41.6 Å². The Labute approximate surface area is 98.1 Å². The van der Waals surface area contributed by atoms with E-state index in [1.165, 1.54) is 0 Å². The van der Waals surface area contributed by atoms with Crippen LogP contribution >= 0.6 is 0 Å². The van der Waals surface area contributed by atoms with Crippen molar-refractivity contribution < 1.29 is 23.1 Å². The van der Waals surface area contributed by atoms with Gasteiger partial charge in [-0.15, -0.1) is 0 Å². The summed E-state index contributed by atoms with van der Waals surface area (Å²) in [5.74, 6) is -3.00. The molecule has 1 heterocycles. The van der Waals surface area contributed by atoms with E-state index in [0.717, 1.165) is 4.90 Å². The summed E-state index contributed by atoms with van der Waals surface area (Å²) in [5, 5.41) is 2.18. The highest BCUT2D eigenvalue weighted by Crippen LogP contribution is 2.31. The summed E-state index contributed by atoms with van der Waals surface area (Å²) >= 11 is 0. The van der Waals surface area contributed by atoms with Gasteiger partial charge in [-0.05, 0) is 20.8 Å². The Bertz CT molecular complexity index is 315. The first-order valence-corrected chi connectivity index (χ1v) is 5.22. The van der Waals surface area contributed by atoms with Crippen molar-refractivity contribution in [2.45, 2.75) is 44.9 Å². The van der Waals surface area contributed by atoms with Gasteiger partial charge in [0.25, 0.3) is 5.92 Å². The molecule has 0 spiro atoms. The highest BCUT2D eigenvalue weighted by molar-refractivity contribution is 5.69. The van der Waals surface area contributed by atoms with Crippen LogP contribution in [0.2, 0.25) is 0 Å². The van der Waals surface area contributed by atoms with Gasteiger partial charge in [0.2, 0.25) is 6.41 Å². The van der Waals surface area contributed by atoms with Crippen LogP contribution in [0.1, 0.15) is 27.2 Å². The summed E-state index contributed by atoms with van der Waals surface area (Å²) in [4.78, 5) is 22.8. The third kappa shape index (κ3) is 3.83. The molecule has 0 aromatic carbocycles. The summed E-state index contributed by atoms with van der Waals surface area (Å²) in [6.45, 7) is 4.18. The summed E-state index contributed by atoms with van der Waals surface area (Å²) in [5.41, 5.74) is -0.763. The van der Waals surface area contributed by atoms with Crippen LogP contribution in [0.5, 0.6) is 0 Å². The number of alkyl halides is 2. The molecule has 0 aromatic heterocycles. The lowest BCUT2D eigenvalue weighted by molar-refractivity contribution is -0.110. The van der Waals surface area contributed by atoms with Crippen LogP contribution in [0, 0.1) is 0 Å². The molecular formula is C10H16F2N2O3. The molecule has 1 saturated heterocycles. The summed E-state index contributed by atoms with van der Waals surface area (Å²) in [6.07, 6.45) is -2.17. The summed E-state index contributed by atoms with van der Waals surface area (Å²) < 4.78 is 31.3. The highest BCUT2D eigenvalue weighted by atomic mass is 19.3. The maximum Gasteiger partial charge on any atom is 0.412 e. The van der Waals surface area contributed by atoms with E-state index in [4.69, 9.17) is 4.74 Å². The maximum absolute atomic E-state index is 13.2. The van der Waals surface area contributed by atoms with Crippen molar-refractivity contribution in [3.05, 3.63) is 0 Å². The summed E-state index contributed by atoms with van der Waals surface area (Å²) in [7, 11) is 0. The highest BCUT2D eigenvalue weighted by Gasteiger charge is 2.48. The second kappa shape index (κ2) is 4.46. The molecule has 98 valence electrons. The Balaban J connectivity index is 2.73. The Kier molecular flexibility index (Phi) is 3.59. The first-order chi connectivity index (χ1) is 7.64. The van der Waals surface area contributed by atoms with E-state index in [1.54, 1.807) is 20.8 Å². The lowest BCUT2D eigenvalue weighted by Crippen LogP contribution is -2.46. The molecule has 5 nitrogen and oxygen atoms in total. The minimum atomic E-state index is -3.00. The molecule has 0 aliphatic carbocycles. The molecule has 1 fully saturated rings. The number of halogens is 2. The fourth-order valence-electron chi connectivity index (χ4n) is 1.56. The zero-order valence-corrected chi connectivity index (χ0v) is 10.00. The Morgan fingerprint density at radius 3 is 2.59 bits per heavy atom. The van der Waals surface area contributed by atoms with E-state index in [2.05, 4.69) is 5.32 Å². The van der Waals surface area contributed by atoms with Gasteiger partial charge in [-0.1, -0.05) is 0 Å². The number of amides is 2. The van der Waals surface area contributed by atoms with Crippen LogP contribution in [0.3, 0.4) is 0 Å². The molecule has 0 radical (unpaired) electrons. The largest absolute Gasteiger partial charge is 0.444 e. The van der Waals surface area contributed by atoms with E-state index < -0.39 is 36.7 Å². The monoisotopic (exact) mass is 250 g/mol. The molecule has 2 amide bonds. The number of carbonyl (C=O) groups is 2. The van der Waals surface area contributed by atoms with Crippen molar-refractivity contribution in [2.75, 3.05) is 6.54 Å². The number of hydrogen-bond donors (Lipinski definition) is 1. The van der Waals surface area contributed by atoms with Crippen molar-refractivity contribution in [1.82, 2.24) is 10.2 Å². The lowest BCUT2D eigenvalue weighted by atomic mass is 10.2. The minimum Gasteiger partial charge on any atom is -0.444 e. The molecule has 0 aromatic rings. The maximum atomic E-state index is 13.2. The van der Waals surface area contributed by atoms with E-state index in [9.17, 15) is 18.4 Å². The molecule has 1 atom stereocenters. The SMILES string of the molecule is CC(C)(C)OC(=O)N1CC(F)(F)C[C@H]1NC=O. The normalized spacial score (nSPS) is 23.4. The van der Waals surface area contributed by atoms with E-state index in [1.807, 2.05) is 0 Å². The third-order valence-corrected chi connectivity index (χ3v) is 2.16. The molecule has 1 N–H and O–H groups in total. The Morgan fingerprint density at radius 1 is 1.53 bits per heavy atom. The number of nitrogens with zero attached hydrogens (tertiary/aromatic N) is 1. The van der Waals surface area contributed by atoms with E-state index in [-0.39, 0.29) is 0 Å². The standard InChI is InChI=1S/C10H16F2N2O3/c1-9(2,3)17-8(16)14-5-10(11,12)4-7(14)13-6-15/h6-7H,4-5H2,1-3H3,(H,13,15)/t7-/m0/s1. The van der Waals surface area contributed by atoms with Crippen LogP contribution in [-0.2, 0) is 9.53 Å². The van der Waals surface area contributed by atoms with E-state index >= 15 is 0 Å². The van der Waals surface area contributed by atoms with Crippen LogP contribution in [0.4, 0.5) is 13.6 Å². The van der Waals surface area contributed by atoms with Crippen molar-refractivity contribution in [2.24, 2.45) is 0 Å². The summed E-state index contributed by atoms with van der Waals surface area (Å²) in [6, 6.07) is 0. The fraction of sp³-hybridized carbons (Fsp3) is 0.800. The molecule has 1 aliphatic rings. The van der Waals surface area contributed by atoms with Crippen LogP contribution < -0.4 is 5.32 Å². The van der Waals surface area contributed by atoms with Crippen LogP contribution in [0.15, 0.2) is 0 Å². The topological polar surface area (TPSA) is 58.6 Å². The number of carbonyl (C=O) groups excluding carboxylic acids is 2. The fourth-order valence-corrected chi connectivity index (χ4v) is 1.56. The quantitative estimate of drug-likeness (QED) is 0.752. The zero-order chi connectivity index (χ0) is 13.3. The van der Waals surface area contributed by atoms with Gasteiger partial charge in [0.05, 0.1) is 13.0 Å².